The number of fused-ring (bicyclic) bond motifs is 3. The third-order valence-electron chi connectivity index (χ3n) is 8.94. The zero-order valence-electron chi connectivity index (χ0n) is 14.9. The maximum absolute atomic E-state index is 12.1. The lowest BCUT2D eigenvalue weighted by Crippen LogP contribution is -2.58. The van der Waals surface area contributed by atoms with Crippen molar-refractivity contribution >= 4 is 11.9 Å². The van der Waals surface area contributed by atoms with Crippen molar-refractivity contribution < 1.29 is 19.8 Å². The Morgan fingerprint density at radius 1 is 0.917 bits per heavy atom. The van der Waals surface area contributed by atoms with Gasteiger partial charge in [-0.2, -0.15) is 0 Å². The summed E-state index contributed by atoms with van der Waals surface area (Å²) in [5.41, 5.74) is -0.355. The first kappa shape index (κ1) is 16.4. The second-order valence-corrected chi connectivity index (χ2v) is 9.78. The van der Waals surface area contributed by atoms with Crippen LogP contribution in [0.3, 0.4) is 0 Å². The Hall–Kier alpha value is -1.06. The molecule has 4 aliphatic rings. The predicted molar refractivity (Wildman–Crippen MR) is 89.4 cm³/mol. The highest BCUT2D eigenvalue weighted by Gasteiger charge is 2.66. The van der Waals surface area contributed by atoms with E-state index in [9.17, 15) is 19.8 Å². The van der Waals surface area contributed by atoms with Crippen molar-refractivity contribution in [1.82, 2.24) is 0 Å². The lowest BCUT2D eigenvalue weighted by atomic mass is 9.41. The minimum atomic E-state index is -0.627. The highest BCUT2D eigenvalue weighted by Crippen LogP contribution is 2.72. The average Bonchev–Trinajstić information content (AvgIpc) is 2.78. The van der Waals surface area contributed by atoms with Gasteiger partial charge in [-0.3, -0.25) is 9.59 Å². The van der Waals surface area contributed by atoms with E-state index in [2.05, 4.69) is 6.92 Å². The molecule has 2 N–H and O–H groups in total. The molecule has 4 saturated carbocycles. The number of aliphatic carboxylic acids is 2. The van der Waals surface area contributed by atoms with Gasteiger partial charge in [0.25, 0.3) is 0 Å². The molecular formula is C20H30O4. The molecule has 0 saturated heterocycles. The van der Waals surface area contributed by atoms with Crippen LogP contribution in [0.2, 0.25) is 0 Å². The summed E-state index contributed by atoms with van der Waals surface area (Å²) in [6.45, 7) is 4.31. The lowest BCUT2D eigenvalue weighted by molar-refractivity contribution is -0.181. The quantitative estimate of drug-likeness (QED) is 0.794. The molecule has 7 atom stereocenters. The third kappa shape index (κ3) is 1.91. The average molecular weight is 334 g/mol. The van der Waals surface area contributed by atoms with Crippen molar-refractivity contribution in [1.29, 1.82) is 0 Å². The minimum Gasteiger partial charge on any atom is -0.481 e. The van der Waals surface area contributed by atoms with Gasteiger partial charge in [-0.25, -0.2) is 0 Å². The van der Waals surface area contributed by atoms with E-state index >= 15 is 0 Å². The molecule has 7 unspecified atom stereocenters. The Morgan fingerprint density at radius 3 is 2.33 bits per heavy atom. The molecule has 2 bridgehead atoms. The fourth-order valence-corrected chi connectivity index (χ4v) is 7.99. The fourth-order valence-electron chi connectivity index (χ4n) is 7.99. The van der Waals surface area contributed by atoms with Crippen molar-refractivity contribution in [2.45, 2.75) is 71.6 Å². The molecule has 4 heteroatoms. The third-order valence-corrected chi connectivity index (χ3v) is 8.94. The maximum Gasteiger partial charge on any atom is 0.309 e. The molecule has 0 aromatic carbocycles. The summed E-state index contributed by atoms with van der Waals surface area (Å²) in [6, 6.07) is 0. The summed E-state index contributed by atoms with van der Waals surface area (Å²) in [4.78, 5) is 23.7. The number of hydrogen-bond donors (Lipinski definition) is 2. The second kappa shape index (κ2) is 4.98. The molecule has 0 aromatic heterocycles. The second-order valence-electron chi connectivity index (χ2n) is 9.78. The number of carboxylic acid groups (broad SMARTS) is 2. The molecule has 134 valence electrons. The van der Waals surface area contributed by atoms with Gasteiger partial charge in [-0.05, 0) is 86.9 Å². The highest BCUT2D eigenvalue weighted by molar-refractivity contribution is 5.75. The van der Waals surface area contributed by atoms with E-state index in [0.29, 0.717) is 11.8 Å². The Labute approximate surface area is 144 Å². The van der Waals surface area contributed by atoms with Gasteiger partial charge < -0.3 is 10.2 Å². The first-order valence-corrected chi connectivity index (χ1v) is 9.69. The van der Waals surface area contributed by atoms with Crippen molar-refractivity contribution in [3.63, 3.8) is 0 Å². The van der Waals surface area contributed by atoms with E-state index in [4.69, 9.17) is 0 Å². The molecule has 4 nitrogen and oxygen atoms in total. The van der Waals surface area contributed by atoms with Crippen LogP contribution in [0.25, 0.3) is 0 Å². The summed E-state index contributed by atoms with van der Waals surface area (Å²) in [6.07, 6.45) is 8.96. The Bertz CT molecular complexity index is 586. The van der Waals surface area contributed by atoms with Crippen LogP contribution in [0.1, 0.15) is 71.6 Å². The SMILES string of the molecule is CC1(C(=O)O)CCCC2(C)C3CCC4CC3(CCC12)CC4C(=O)O. The van der Waals surface area contributed by atoms with E-state index in [1.54, 1.807) is 0 Å². The van der Waals surface area contributed by atoms with Gasteiger partial charge in [-0.15, -0.1) is 0 Å². The van der Waals surface area contributed by atoms with Crippen molar-refractivity contribution in [2.75, 3.05) is 0 Å². The van der Waals surface area contributed by atoms with E-state index < -0.39 is 17.4 Å². The molecule has 4 fully saturated rings. The van der Waals surface area contributed by atoms with E-state index in [-0.39, 0.29) is 22.7 Å². The van der Waals surface area contributed by atoms with Crippen LogP contribution in [0.5, 0.6) is 0 Å². The van der Waals surface area contributed by atoms with Crippen LogP contribution in [0.15, 0.2) is 0 Å². The van der Waals surface area contributed by atoms with E-state index in [1.807, 2.05) is 6.92 Å². The van der Waals surface area contributed by atoms with Crippen LogP contribution >= 0.6 is 0 Å². The highest BCUT2D eigenvalue weighted by atomic mass is 16.4. The van der Waals surface area contributed by atoms with Gasteiger partial charge in [-0.1, -0.05) is 13.3 Å². The molecule has 4 aliphatic carbocycles. The molecule has 24 heavy (non-hydrogen) atoms. The minimum absolute atomic E-state index is 0.0714. The summed E-state index contributed by atoms with van der Waals surface area (Å²) >= 11 is 0. The van der Waals surface area contributed by atoms with Crippen LogP contribution in [0, 0.1) is 39.9 Å². The standard InChI is InChI=1S/C20H30O4/c1-18-7-3-8-19(2,17(23)24)14(18)6-9-20-10-12(4-5-15(18)20)13(11-20)16(21)22/h12-15H,3-11H2,1-2H3,(H,21,22)(H,23,24). The first-order chi connectivity index (χ1) is 11.2. The molecular weight excluding hydrogens is 304 g/mol. The topological polar surface area (TPSA) is 74.6 Å². The zero-order chi connectivity index (χ0) is 17.3. The first-order valence-electron chi connectivity index (χ1n) is 9.69. The van der Waals surface area contributed by atoms with Crippen LogP contribution in [-0.2, 0) is 9.59 Å². The number of carboxylic acids is 2. The van der Waals surface area contributed by atoms with E-state index in [1.165, 1.54) is 0 Å². The molecule has 1 spiro atoms. The fraction of sp³-hybridized carbons (Fsp3) is 0.900. The predicted octanol–water partition coefficient (Wildman–Crippen LogP) is 4.18. The molecule has 0 heterocycles. The van der Waals surface area contributed by atoms with Crippen molar-refractivity contribution in [3.8, 4) is 0 Å². The normalized spacial score (nSPS) is 53.1. The largest absolute Gasteiger partial charge is 0.481 e. The maximum atomic E-state index is 12.1. The molecule has 0 aromatic rings. The van der Waals surface area contributed by atoms with Gasteiger partial charge in [0.1, 0.15) is 0 Å². The molecule has 4 rings (SSSR count). The summed E-state index contributed by atoms with van der Waals surface area (Å²) in [5, 5.41) is 19.5. The van der Waals surface area contributed by atoms with Crippen molar-refractivity contribution in [3.05, 3.63) is 0 Å². The summed E-state index contributed by atoms with van der Waals surface area (Å²) < 4.78 is 0. The summed E-state index contributed by atoms with van der Waals surface area (Å²) in [7, 11) is 0. The van der Waals surface area contributed by atoms with Crippen LogP contribution in [-0.4, -0.2) is 22.2 Å². The number of rotatable bonds is 2. The van der Waals surface area contributed by atoms with Gasteiger partial charge >= 0.3 is 11.9 Å². The van der Waals surface area contributed by atoms with Crippen LogP contribution < -0.4 is 0 Å². The van der Waals surface area contributed by atoms with Gasteiger partial charge in [0, 0.05) is 0 Å². The Morgan fingerprint density at radius 2 is 1.67 bits per heavy atom. The lowest BCUT2D eigenvalue weighted by Gasteiger charge is -2.63. The Balaban J connectivity index is 1.71. The smallest absolute Gasteiger partial charge is 0.309 e. The van der Waals surface area contributed by atoms with Crippen LogP contribution in [0.4, 0.5) is 0 Å². The van der Waals surface area contributed by atoms with Gasteiger partial charge in [0.15, 0.2) is 0 Å². The monoisotopic (exact) mass is 334 g/mol. The van der Waals surface area contributed by atoms with Gasteiger partial charge in [0.05, 0.1) is 11.3 Å². The van der Waals surface area contributed by atoms with E-state index in [0.717, 1.165) is 57.8 Å². The number of carbonyl (C=O) groups is 2. The molecule has 0 amide bonds. The van der Waals surface area contributed by atoms with Crippen molar-refractivity contribution in [2.24, 2.45) is 39.9 Å². The molecule has 0 aliphatic heterocycles. The number of hydrogen-bond acceptors (Lipinski definition) is 2. The summed E-state index contributed by atoms with van der Waals surface area (Å²) in [5.74, 6) is -0.282. The zero-order valence-corrected chi connectivity index (χ0v) is 14.9. The Kier molecular flexibility index (Phi) is 3.41. The molecule has 0 radical (unpaired) electrons. The van der Waals surface area contributed by atoms with Gasteiger partial charge in [0.2, 0.25) is 0 Å².